The van der Waals surface area contributed by atoms with E-state index >= 15 is 0 Å². The number of nitrogens with zero attached hydrogens (tertiary/aromatic N) is 3. The minimum atomic E-state index is -0.134. The summed E-state index contributed by atoms with van der Waals surface area (Å²) < 4.78 is 5.32. The maximum atomic E-state index is 12.8. The number of anilines is 1. The van der Waals surface area contributed by atoms with Crippen LogP contribution in [0.5, 0.6) is 0 Å². The van der Waals surface area contributed by atoms with Gasteiger partial charge < -0.3 is 9.42 Å². The molecule has 0 saturated heterocycles. The summed E-state index contributed by atoms with van der Waals surface area (Å²) in [4.78, 5) is 19.1. The Morgan fingerprint density at radius 2 is 1.85 bits per heavy atom. The Morgan fingerprint density at radius 1 is 1.11 bits per heavy atom. The fraction of sp³-hybridized carbons (Fsp3) is 0.409. The number of rotatable bonds is 6. The van der Waals surface area contributed by atoms with Crippen LogP contribution in [0, 0.1) is 0 Å². The number of fused-ring (bicyclic) bond motifs is 1. The molecule has 1 heterocycles. The average Bonchev–Trinajstić information content (AvgIpc) is 3.12. The topological polar surface area (TPSA) is 59.2 Å². The maximum Gasteiger partial charge on any atom is 0.227 e. The van der Waals surface area contributed by atoms with Gasteiger partial charge in [0.1, 0.15) is 0 Å². The molecule has 0 radical (unpaired) electrons. The first-order chi connectivity index (χ1) is 12.9. The predicted molar refractivity (Wildman–Crippen MR) is 108 cm³/mol. The summed E-state index contributed by atoms with van der Waals surface area (Å²) in [5, 5.41) is 6.28. The third-order valence-corrected chi connectivity index (χ3v) is 4.59. The summed E-state index contributed by atoms with van der Waals surface area (Å²) in [5.74, 6) is 1.42. The highest BCUT2D eigenvalue weighted by molar-refractivity contribution is 6.03. The first-order valence-electron chi connectivity index (χ1n) is 9.51. The number of benzene rings is 2. The molecule has 1 amide bonds. The maximum absolute atomic E-state index is 12.8. The number of hydrogen-bond donors (Lipinski definition) is 0. The van der Waals surface area contributed by atoms with Gasteiger partial charge in [0.25, 0.3) is 0 Å². The molecule has 2 aromatic carbocycles. The van der Waals surface area contributed by atoms with Crippen molar-refractivity contribution in [2.75, 3.05) is 11.4 Å². The van der Waals surface area contributed by atoms with E-state index in [1.807, 2.05) is 36.1 Å². The van der Waals surface area contributed by atoms with E-state index in [9.17, 15) is 4.79 Å². The summed E-state index contributed by atoms with van der Waals surface area (Å²) >= 11 is 0. The smallest absolute Gasteiger partial charge is 0.227 e. The van der Waals surface area contributed by atoms with Crippen LogP contribution in [0.1, 0.15) is 52.3 Å². The lowest BCUT2D eigenvalue weighted by Gasteiger charge is -2.22. The van der Waals surface area contributed by atoms with E-state index in [2.05, 4.69) is 49.1 Å². The molecule has 0 aliphatic carbocycles. The second kappa shape index (κ2) is 7.91. The zero-order chi connectivity index (χ0) is 19.4. The fourth-order valence-corrected chi connectivity index (χ4v) is 3.11. The number of aromatic nitrogens is 2. The molecular weight excluding hydrogens is 338 g/mol. The van der Waals surface area contributed by atoms with Crippen molar-refractivity contribution < 1.29 is 9.32 Å². The van der Waals surface area contributed by atoms with Crippen LogP contribution in [0.2, 0.25) is 0 Å². The number of carbonyl (C=O) groups is 1. The van der Waals surface area contributed by atoms with Gasteiger partial charge in [-0.25, -0.2) is 0 Å². The summed E-state index contributed by atoms with van der Waals surface area (Å²) in [6.07, 6.45) is 1.75. The minimum Gasteiger partial charge on any atom is -0.339 e. The number of aryl methyl sites for hydroxylation is 1. The lowest BCUT2D eigenvalue weighted by atomic mass is 9.96. The Bertz CT molecular complexity index is 919. The quantitative estimate of drug-likeness (QED) is 0.623. The van der Waals surface area contributed by atoms with Gasteiger partial charge in [-0.3, -0.25) is 4.79 Å². The molecule has 0 unspecified atom stereocenters. The van der Waals surface area contributed by atoms with Gasteiger partial charge >= 0.3 is 0 Å². The van der Waals surface area contributed by atoms with Crippen molar-refractivity contribution in [1.29, 1.82) is 0 Å². The Balaban J connectivity index is 1.66. The van der Waals surface area contributed by atoms with Crippen molar-refractivity contribution in [1.82, 2.24) is 10.1 Å². The predicted octanol–water partition coefficient (Wildman–Crippen LogP) is 4.90. The van der Waals surface area contributed by atoms with Gasteiger partial charge in [0.05, 0.1) is 5.69 Å². The SMILES string of the molecule is CCN(C(=O)CCCc1nc(C(C)(C)C)no1)c1cccc2ccccc12. The van der Waals surface area contributed by atoms with Gasteiger partial charge in [-0.05, 0) is 24.8 Å². The highest BCUT2D eigenvalue weighted by Crippen LogP contribution is 2.27. The van der Waals surface area contributed by atoms with Crippen LogP contribution in [-0.2, 0) is 16.6 Å². The van der Waals surface area contributed by atoms with E-state index in [0.29, 0.717) is 37.5 Å². The molecule has 0 spiro atoms. The van der Waals surface area contributed by atoms with E-state index in [1.165, 1.54) is 0 Å². The normalized spacial score (nSPS) is 11.7. The molecule has 5 nitrogen and oxygen atoms in total. The summed E-state index contributed by atoms with van der Waals surface area (Å²) in [6.45, 7) is 8.80. The van der Waals surface area contributed by atoms with E-state index in [-0.39, 0.29) is 11.3 Å². The lowest BCUT2D eigenvalue weighted by molar-refractivity contribution is -0.118. The standard InChI is InChI=1S/C22H27N3O2/c1-5-25(18-13-8-11-16-10-6-7-12-17(16)18)20(26)15-9-14-19-23-21(24-27-19)22(2,3)4/h6-8,10-13H,5,9,14-15H2,1-4H3. The zero-order valence-corrected chi connectivity index (χ0v) is 16.5. The van der Waals surface area contributed by atoms with Gasteiger partial charge in [0, 0.05) is 30.2 Å². The molecule has 1 aromatic heterocycles. The molecule has 0 atom stereocenters. The zero-order valence-electron chi connectivity index (χ0n) is 16.5. The highest BCUT2D eigenvalue weighted by Gasteiger charge is 2.21. The summed E-state index contributed by atoms with van der Waals surface area (Å²) in [5.41, 5.74) is 0.832. The fourth-order valence-electron chi connectivity index (χ4n) is 3.11. The first kappa shape index (κ1) is 19.1. The molecule has 0 aliphatic heterocycles. The molecule has 142 valence electrons. The molecule has 3 aromatic rings. The van der Waals surface area contributed by atoms with Crippen molar-refractivity contribution in [2.24, 2.45) is 0 Å². The van der Waals surface area contributed by atoms with E-state index in [4.69, 9.17) is 4.52 Å². The Hall–Kier alpha value is -2.69. The van der Waals surface area contributed by atoms with Gasteiger partial charge in [0.2, 0.25) is 11.8 Å². The summed E-state index contributed by atoms with van der Waals surface area (Å²) in [7, 11) is 0. The van der Waals surface area contributed by atoms with Crippen LogP contribution in [0.4, 0.5) is 5.69 Å². The van der Waals surface area contributed by atoms with E-state index in [0.717, 1.165) is 16.5 Å². The van der Waals surface area contributed by atoms with Crippen molar-refractivity contribution in [3.8, 4) is 0 Å². The number of carbonyl (C=O) groups excluding carboxylic acids is 1. The van der Waals surface area contributed by atoms with Crippen LogP contribution in [-0.4, -0.2) is 22.6 Å². The largest absolute Gasteiger partial charge is 0.339 e. The van der Waals surface area contributed by atoms with Crippen molar-refractivity contribution in [2.45, 2.75) is 52.4 Å². The Morgan fingerprint density at radius 3 is 2.56 bits per heavy atom. The molecule has 27 heavy (non-hydrogen) atoms. The Labute approximate surface area is 160 Å². The van der Waals surface area contributed by atoms with Crippen LogP contribution in [0.25, 0.3) is 10.8 Å². The van der Waals surface area contributed by atoms with Gasteiger partial charge in [-0.15, -0.1) is 0 Å². The number of hydrogen-bond acceptors (Lipinski definition) is 4. The van der Waals surface area contributed by atoms with E-state index in [1.54, 1.807) is 0 Å². The van der Waals surface area contributed by atoms with Gasteiger partial charge in [-0.1, -0.05) is 62.3 Å². The third kappa shape index (κ3) is 4.35. The van der Waals surface area contributed by atoms with Crippen molar-refractivity contribution in [3.63, 3.8) is 0 Å². The molecule has 5 heteroatoms. The average molecular weight is 365 g/mol. The first-order valence-corrected chi connectivity index (χ1v) is 9.51. The summed E-state index contributed by atoms with van der Waals surface area (Å²) in [6, 6.07) is 14.2. The van der Waals surface area contributed by atoms with Crippen LogP contribution in [0.3, 0.4) is 0 Å². The molecule has 0 aliphatic rings. The monoisotopic (exact) mass is 365 g/mol. The van der Waals surface area contributed by atoms with Crippen LogP contribution in [0.15, 0.2) is 47.0 Å². The van der Waals surface area contributed by atoms with Crippen molar-refractivity contribution in [3.05, 3.63) is 54.2 Å². The van der Waals surface area contributed by atoms with E-state index < -0.39 is 0 Å². The minimum absolute atomic E-state index is 0.115. The highest BCUT2D eigenvalue weighted by atomic mass is 16.5. The second-order valence-electron chi connectivity index (χ2n) is 7.75. The molecule has 0 N–H and O–H groups in total. The van der Waals surface area contributed by atoms with Crippen molar-refractivity contribution >= 4 is 22.4 Å². The molecule has 0 bridgehead atoms. The third-order valence-electron chi connectivity index (χ3n) is 4.59. The molecule has 0 saturated carbocycles. The van der Waals surface area contributed by atoms with Gasteiger partial charge in [-0.2, -0.15) is 4.98 Å². The molecular formula is C22H27N3O2. The van der Waals surface area contributed by atoms with Crippen LogP contribution >= 0.6 is 0 Å². The second-order valence-corrected chi connectivity index (χ2v) is 7.75. The molecule has 0 fully saturated rings. The van der Waals surface area contributed by atoms with Crippen LogP contribution < -0.4 is 4.90 Å². The molecule has 3 rings (SSSR count). The number of amides is 1. The van der Waals surface area contributed by atoms with Gasteiger partial charge in [0.15, 0.2) is 5.82 Å². The Kier molecular flexibility index (Phi) is 5.59. The lowest BCUT2D eigenvalue weighted by Crippen LogP contribution is -2.30.